The summed E-state index contributed by atoms with van der Waals surface area (Å²) < 4.78 is 9.37. The van der Waals surface area contributed by atoms with Crippen molar-refractivity contribution in [3.05, 3.63) is 188 Å². The number of fused-ring (bicyclic) bond motifs is 6. The Hall–Kier alpha value is -7.21. The van der Waals surface area contributed by atoms with Crippen LogP contribution in [0.2, 0.25) is 0 Å². The van der Waals surface area contributed by atoms with E-state index in [4.69, 9.17) is 19.4 Å². The minimum Gasteiger partial charge on any atom is -0.455 e. The fourth-order valence-electron chi connectivity index (χ4n) is 7.91. The van der Waals surface area contributed by atoms with Crippen molar-refractivity contribution in [1.29, 1.82) is 0 Å². The molecule has 0 bridgehead atoms. The van der Waals surface area contributed by atoms with E-state index in [9.17, 15) is 0 Å². The first-order valence-electron chi connectivity index (χ1n) is 18.7. The highest BCUT2D eigenvalue weighted by Crippen LogP contribution is 2.46. The van der Waals surface area contributed by atoms with Gasteiger partial charge in [0.05, 0.1) is 0 Å². The van der Waals surface area contributed by atoms with Crippen molar-refractivity contribution in [3.63, 3.8) is 0 Å². The van der Waals surface area contributed by atoms with Gasteiger partial charge in [0, 0.05) is 53.2 Å². The fraction of sp³-hybridized carbons (Fsp3) is 0. The zero-order chi connectivity index (χ0) is 37.0. The standard InChI is InChI=1S/C51H31N3OS/c1-4-15-32(16-5-1)42-30-37(31-45-46(42)41-24-11-13-26-44(41)56-45)39-28-27-38(47-40-23-10-12-25-43(40)55-48(39)47)35-21-14-22-36(29-35)51-53-49(33-17-6-2-7-18-33)52-50(54-51)34-19-8-3-9-20-34/h1-31H. The molecule has 11 rings (SSSR count). The van der Waals surface area contributed by atoms with Crippen LogP contribution in [0.3, 0.4) is 0 Å². The third-order valence-corrected chi connectivity index (χ3v) is 11.6. The second-order valence-electron chi connectivity index (χ2n) is 13.9. The second-order valence-corrected chi connectivity index (χ2v) is 15.0. The molecule has 0 aliphatic heterocycles. The van der Waals surface area contributed by atoms with E-state index in [1.54, 1.807) is 0 Å². The molecule has 0 unspecified atom stereocenters. The van der Waals surface area contributed by atoms with Crippen molar-refractivity contribution in [2.75, 3.05) is 0 Å². The molecule has 0 atom stereocenters. The van der Waals surface area contributed by atoms with Gasteiger partial charge in [0.25, 0.3) is 0 Å². The van der Waals surface area contributed by atoms with E-state index in [1.165, 1.54) is 31.3 Å². The molecule has 8 aromatic carbocycles. The van der Waals surface area contributed by atoms with Gasteiger partial charge in [-0.2, -0.15) is 0 Å². The molecule has 0 saturated carbocycles. The molecule has 0 saturated heterocycles. The normalized spacial score (nSPS) is 11.6. The monoisotopic (exact) mass is 733 g/mol. The number of para-hydroxylation sites is 1. The van der Waals surface area contributed by atoms with Crippen molar-refractivity contribution < 1.29 is 4.42 Å². The molecule has 3 aromatic heterocycles. The van der Waals surface area contributed by atoms with Crippen LogP contribution in [-0.4, -0.2) is 15.0 Å². The Labute approximate surface area is 327 Å². The van der Waals surface area contributed by atoms with Crippen LogP contribution in [0, 0.1) is 0 Å². The third-order valence-electron chi connectivity index (χ3n) is 10.5. The Morgan fingerprint density at radius 2 is 0.893 bits per heavy atom. The second kappa shape index (κ2) is 13.3. The van der Waals surface area contributed by atoms with Crippen LogP contribution in [0.15, 0.2) is 192 Å². The zero-order valence-corrected chi connectivity index (χ0v) is 30.9. The van der Waals surface area contributed by atoms with Gasteiger partial charge in [-0.1, -0.05) is 152 Å². The predicted molar refractivity (Wildman–Crippen MR) is 233 cm³/mol. The van der Waals surface area contributed by atoms with Crippen molar-refractivity contribution in [3.8, 4) is 67.5 Å². The average Bonchev–Trinajstić information content (AvgIpc) is 3.86. The number of rotatable bonds is 6. The number of thiophene rings is 1. The predicted octanol–water partition coefficient (Wildman–Crippen LogP) is 14.1. The first kappa shape index (κ1) is 32.2. The van der Waals surface area contributed by atoms with E-state index in [0.717, 1.165) is 60.9 Å². The van der Waals surface area contributed by atoms with E-state index in [1.807, 2.05) is 78.1 Å². The molecule has 3 heterocycles. The smallest absolute Gasteiger partial charge is 0.164 e. The van der Waals surface area contributed by atoms with E-state index < -0.39 is 0 Å². The third kappa shape index (κ3) is 5.48. The molecule has 5 heteroatoms. The summed E-state index contributed by atoms with van der Waals surface area (Å²) in [6.45, 7) is 0. The van der Waals surface area contributed by atoms with Gasteiger partial charge in [-0.25, -0.2) is 15.0 Å². The van der Waals surface area contributed by atoms with E-state index in [0.29, 0.717) is 17.5 Å². The number of hydrogen-bond acceptors (Lipinski definition) is 5. The van der Waals surface area contributed by atoms with Gasteiger partial charge in [-0.15, -0.1) is 11.3 Å². The highest BCUT2D eigenvalue weighted by Gasteiger charge is 2.21. The van der Waals surface area contributed by atoms with E-state index in [-0.39, 0.29) is 0 Å². The van der Waals surface area contributed by atoms with Gasteiger partial charge in [0.2, 0.25) is 0 Å². The van der Waals surface area contributed by atoms with Crippen molar-refractivity contribution in [2.24, 2.45) is 0 Å². The van der Waals surface area contributed by atoms with Crippen molar-refractivity contribution >= 4 is 53.4 Å². The minimum absolute atomic E-state index is 0.620. The van der Waals surface area contributed by atoms with Gasteiger partial charge >= 0.3 is 0 Å². The molecule has 0 amide bonds. The van der Waals surface area contributed by atoms with Gasteiger partial charge < -0.3 is 4.42 Å². The lowest BCUT2D eigenvalue weighted by Gasteiger charge is -2.13. The lowest BCUT2D eigenvalue weighted by atomic mass is 9.91. The molecule has 0 radical (unpaired) electrons. The molecule has 0 fully saturated rings. The topological polar surface area (TPSA) is 51.8 Å². The van der Waals surface area contributed by atoms with E-state index >= 15 is 0 Å². The average molecular weight is 734 g/mol. The van der Waals surface area contributed by atoms with Crippen LogP contribution in [0.1, 0.15) is 0 Å². The van der Waals surface area contributed by atoms with Crippen LogP contribution in [-0.2, 0) is 0 Å². The first-order valence-corrected chi connectivity index (χ1v) is 19.5. The van der Waals surface area contributed by atoms with Crippen molar-refractivity contribution in [2.45, 2.75) is 0 Å². The maximum absolute atomic E-state index is 6.83. The molecular weight excluding hydrogens is 703 g/mol. The fourth-order valence-corrected chi connectivity index (χ4v) is 9.09. The van der Waals surface area contributed by atoms with Gasteiger partial charge in [-0.05, 0) is 64.2 Å². The van der Waals surface area contributed by atoms with Gasteiger partial charge in [0.1, 0.15) is 11.2 Å². The summed E-state index contributed by atoms with van der Waals surface area (Å²) in [5.74, 6) is 1.89. The number of benzene rings is 8. The van der Waals surface area contributed by atoms with Crippen LogP contribution >= 0.6 is 11.3 Å². The van der Waals surface area contributed by atoms with Crippen LogP contribution in [0.4, 0.5) is 0 Å². The number of nitrogens with zero attached hydrogens (tertiary/aromatic N) is 3. The summed E-state index contributed by atoms with van der Waals surface area (Å²) in [4.78, 5) is 15.0. The lowest BCUT2D eigenvalue weighted by Crippen LogP contribution is -2.00. The molecule has 4 nitrogen and oxygen atoms in total. The van der Waals surface area contributed by atoms with E-state index in [2.05, 4.69) is 121 Å². The molecule has 0 aliphatic carbocycles. The molecule has 56 heavy (non-hydrogen) atoms. The quantitative estimate of drug-likeness (QED) is 0.171. The lowest BCUT2D eigenvalue weighted by molar-refractivity contribution is 0.670. The number of aromatic nitrogens is 3. The summed E-state index contributed by atoms with van der Waals surface area (Å²) in [6.07, 6.45) is 0. The highest BCUT2D eigenvalue weighted by atomic mass is 32.1. The molecular formula is C51H31N3OS. The summed E-state index contributed by atoms with van der Waals surface area (Å²) in [5, 5.41) is 4.73. The maximum atomic E-state index is 6.83. The molecule has 0 spiro atoms. The SMILES string of the molecule is c1ccc(-c2nc(-c3ccccc3)nc(-c3cccc(-c4ccc(-c5cc(-c6ccccc6)c6c(c5)sc5ccccc56)c5oc6ccccc6c45)c3)n2)cc1. The Kier molecular flexibility index (Phi) is 7.64. The Balaban J connectivity index is 1.11. The number of hydrogen-bond donors (Lipinski definition) is 0. The summed E-state index contributed by atoms with van der Waals surface area (Å²) in [7, 11) is 0. The molecule has 0 N–H and O–H groups in total. The maximum Gasteiger partial charge on any atom is 0.164 e. The summed E-state index contributed by atoms with van der Waals surface area (Å²) in [5.41, 5.74) is 11.3. The first-order chi connectivity index (χ1) is 27.7. The highest BCUT2D eigenvalue weighted by molar-refractivity contribution is 7.26. The molecule has 262 valence electrons. The minimum atomic E-state index is 0.620. The zero-order valence-electron chi connectivity index (χ0n) is 30.1. The molecule has 11 aromatic rings. The summed E-state index contributed by atoms with van der Waals surface area (Å²) >= 11 is 1.84. The Morgan fingerprint density at radius 3 is 1.61 bits per heavy atom. The summed E-state index contributed by atoms with van der Waals surface area (Å²) in [6, 6.07) is 65.6. The largest absolute Gasteiger partial charge is 0.455 e. The molecule has 0 aliphatic rings. The van der Waals surface area contributed by atoms with Crippen molar-refractivity contribution in [1.82, 2.24) is 15.0 Å². The van der Waals surface area contributed by atoms with Crippen LogP contribution < -0.4 is 0 Å². The Morgan fingerprint density at radius 1 is 0.339 bits per heavy atom. The Bertz CT molecular complexity index is 3180. The van der Waals surface area contributed by atoms with Gasteiger partial charge in [-0.3, -0.25) is 0 Å². The number of furan rings is 1. The van der Waals surface area contributed by atoms with Gasteiger partial charge in [0.15, 0.2) is 17.5 Å². The van der Waals surface area contributed by atoms with Crippen LogP contribution in [0.25, 0.3) is 110 Å². The van der Waals surface area contributed by atoms with Crippen LogP contribution in [0.5, 0.6) is 0 Å².